The summed E-state index contributed by atoms with van der Waals surface area (Å²) in [4.78, 5) is 2.77. The molecule has 0 aromatic carbocycles. The number of rotatable bonds is 27. The molecule has 0 spiro atoms. The van der Waals surface area contributed by atoms with E-state index in [9.17, 15) is 0 Å². The molecule has 2 heteroatoms. The van der Waals surface area contributed by atoms with E-state index >= 15 is 0 Å². The first-order valence-corrected chi connectivity index (χ1v) is 14.8. The topological polar surface area (TPSA) is 29.3 Å². The molecule has 0 amide bonds. The van der Waals surface area contributed by atoms with Gasteiger partial charge in [0.25, 0.3) is 0 Å². The molecule has 0 saturated carbocycles. The molecule has 31 heavy (non-hydrogen) atoms. The zero-order valence-electron chi connectivity index (χ0n) is 22.1. The summed E-state index contributed by atoms with van der Waals surface area (Å²) in [6, 6.07) is 0. The summed E-state index contributed by atoms with van der Waals surface area (Å²) >= 11 is 0. The summed E-state index contributed by atoms with van der Waals surface area (Å²) in [5, 5.41) is 0. The Hall–Kier alpha value is -0.0800. The lowest BCUT2D eigenvalue weighted by atomic mass is 10.1. The van der Waals surface area contributed by atoms with E-state index < -0.39 is 0 Å². The van der Waals surface area contributed by atoms with Gasteiger partial charge < -0.3 is 10.6 Å². The Morgan fingerprint density at radius 3 is 0.903 bits per heavy atom. The van der Waals surface area contributed by atoms with Gasteiger partial charge in [0.2, 0.25) is 0 Å². The maximum Gasteiger partial charge on any atom is -0.00187 e. The Balaban J connectivity index is 3.68. The van der Waals surface area contributed by atoms with Crippen molar-refractivity contribution in [1.82, 2.24) is 4.90 Å². The molecule has 0 aliphatic rings. The molecular formula is C29H62N2. The first-order valence-electron chi connectivity index (χ1n) is 14.8. The molecule has 0 bridgehead atoms. The van der Waals surface area contributed by atoms with E-state index in [-0.39, 0.29) is 0 Å². The molecule has 188 valence electrons. The van der Waals surface area contributed by atoms with Crippen LogP contribution in [0.5, 0.6) is 0 Å². The van der Waals surface area contributed by atoms with E-state index in [0.717, 1.165) is 6.54 Å². The quantitative estimate of drug-likeness (QED) is 0.129. The van der Waals surface area contributed by atoms with E-state index in [0.29, 0.717) is 0 Å². The van der Waals surface area contributed by atoms with Crippen LogP contribution in [0.15, 0.2) is 0 Å². The van der Waals surface area contributed by atoms with Gasteiger partial charge in [-0.2, -0.15) is 0 Å². The summed E-state index contributed by atoms with van der Waals surface area (Å²) < 4.78 is 0. The van der Waals surface area contributed by atoms with Crippen LogP contribution in [0, 0.1) is 0 Å². The van der Waals surface area contributed by atoms with Crippen LogP contribution in [0.2, 0.25) is 0 Å². The van der Waals surface area contributed by atoms with E-state index in [1.165, 1.54) is 167 Å². The van der Waals surface area contributed by atoms with Crippen LogP contribution in [0.1, 0.15) is 162 Å². The largest absolute Gasteiger partial charge is 0.330 e. The minimum Gasteiger partial charge on any atom is -0.330 e. The maximum atomic E-state index is 5.68. The standard InChI is InChI=1S/C29H62N2/c1-3-5-7-9-11-13-15-17-19-23-27-31(29-25-21-22-26-30)28-24-20-18-16-14-12-10-8-6-4-2/h3-30H2,1-2H3. The number of nitrogens with zero attached hydrogens (tertiary/aromatic N) is 1. The van der Waals surface area contributed by atoms with E-state index in [4.69, 9.17) is 5.73 Å². The highest BCUT2D eigenvalue weighted by atomic mass is 15.1. The first kappa shape index (κ1) is 30.9. The Kier molecular flexibility index (Phi) is 27.9. The molecule has 0 rings (SSSR count). The van der Waals surface area contributed by atoms with Gasteiger partial charge in [-0.25, -0.2) is 0 Å². The summed E-state index contributed by atoms with van der Waals surface area (Å²) in [7, 11) is 0. The predicted molar refractivity (Wildman–Crippen MR) is 143 cm³/mol. The average Bonchev–Trinajstić information content (AvgIpc) is 2.78. The molecule has 0 aliphatic carbocycles. The normalized spacial score (nSPS) is 11.6. The third-order valence-corrected chi connectivity index (χ3v) is 6.83. The minimum absolute atomic E-state index is 0.858. The Morgan fingerprint density at radius 1 is 0.355 bits per heavy atom. The summed E-state index contributed by atoms with van der Waals surface area (Å²) in [5.74, 6) is 0. The molecule has 2 N–H and O–H groups in total. The Morgan fingerprint density at radius 2 is 0.613 bits per heavy atom. The molecular weight excluding hydrogens is 376 g/mol. The molecule has 0 aromatic rings. The van der Waals surface area contributed by atoms with Crippen LogP contribution >= 0.6 is 0 Å². The van der Waals surface area contributed by atoms with Crippen molar-refractivity contribution in [2.75, 3.05) is 26.2 Å². The Bertz CT molecular complexity index is 281. The molecule has 0 atom stereocenters. The van der Waals surface area contributed by atoms with Crippen LogP contribution < -0.4 is 5.73 Å². The minimum atomic E-state index is 0.858. The lowest BCUT2D eigenvalue weighted by molar-refractivity contribution is 0.254. The SMILES string of the molecule is CCCCCCCCCCCCN(CCCCCN)CCCCCCCCCCCC. The fourth-order valence-corrected chi connectivity index (χ4v) is 4.64. The van der Waals surface area contributed by atoms with Gasteiger partial charge in [0.1, 0.15) is 0 Å². The first-order chi connectivity index (χ1) is 15.3. The highest BCUT2D eigenvalue weighted by molar-refractivity contribution is 4.60. The van der Waals surface area contributed by atoms with Gasteiger partial charge in [0.15, 0.2) is 0 Å². The smallest absolute Gasteiger partial charge is 0.00187 e. The Labute approximate surface area is 198 Å². The molecule has 0 heterocycles. The van der Waals surface area contributed by atoms with Crippen molar-refractivity contribution in [1.29, 1.82) is 0 Å². The number of hydrogen-bond acceptors (Lipinski definition) is 2. The molecule has 0 aromatic heterocycles. The number of nitrogens with two attached hydrogens (primary N) is 1. The van der Waals surface area contributed by atoms with Crippen LogP contribution in [0.4, 0.5) is 0 Å². The van der Waals surface area contributed by atoms with Gasteiger partial charge >= 0.3 is 0 Å². The number of unbranched alkanes of at least 4 members (excludes halogenated alkanes) is 20. The van der Waals surface area contributed by atoms with Gasteiger partial charge in [-0.1, -0.05) is 136 Å². The predicted octanol–water partition coefficient (Wildman–Crippen LogP) is 9.26. The van der Waals surface area contributed by atoms with Crippen molar-refractivity contribution in [3.63, 3.8) is 0 Å². The summed E-state index contributed by atoms with van der Waals surface area (Å²) in [6.07, 6.45) is 32.6. The van der Waals surface area contributed by atoms with Crippen molar-refractivity contribution in [2.24, 2.45) is 5.73 Å². The lowest BCUT2D eigenvalue weighted by Crippen LogP contribution is -2.27. The molecule has 0 aliphatic heterocycles. The van der Waals surface area contributed by atoms with Crippen LogP contribution in [0.25, 0.3) is 0 Å². The van der Waals surface area contributed by atoms with Crippen molar-refractivity contribution < 1.29 is 0 Å². The molecule has 0 radical (unpaired) electrons. The van der Waals surface area contributed by atoms with Gasteiger partial charge in [-0.05, 0) is 51.9 Å². The number of hydrogen-bond donors (Lipinski definition) is 1. The second-order valence-electron chi connectivity index (χ2n) is 10.1. The van der Waals surface area contributed by atoms with Crippen molar-refractivity contribution in [3.05, 3.63) is 0 Å². The fourth-order valence-electron chi connectivity index (χ4n) is 4.64. The summed E-state index contributed by atoms with van der Waals surface area (Å²) in [6.45, 7) is 9.43. The molecule has 0 saturated heterocycles. The van der Waals surface area contributed by atoms with E-state index in [2.05, 4.69) is 18.7 Å². The molecule has 0 fully saturated rings. The summed E-state index contributed by atoms with van der Waals surface area (Å²) in [5.41, 5.74) is 5.68. The van der Waals surface area contributed by atoms with Crippen LogP contribution in [-0.4, -0.2) is 31.1 Å². The average molecular weight is 439 g/mol. The second-order valence-corrected chi connectivity index (χ2v) is 10.1. The van der Waals surface area contributed by atoms with Crippen LogP contribution in [0.3, 0.4) is 0 Å². The third kappa shape index (κ3) is 26.1. The van der Waals surface area contributed by atoms with Gasteiger partial charge in [0, 0.05) is 0 Å². The van der Waals surface area contributed by atoms with E-state index in [1.54, 1.807) is 0 Å². The van der Waals surface area contributed by atoms with Crippen molar-refractivity contribution >= 4 is 0 Å². The lowest BCUT2D eigenvalue weighted by Gasteiger charge is -2.22. The maximum absolute atomic E-state index is 5.68. The van der Waals surface area contributed by atoms with Crippen LogP contribution in [-0.2, 0) is 0 Å². The van der Waals surface area contributed by atoms with Gasteiger partial charge in [-0.15, -0.1) is 0 Å². The monoisotopic (exact) mass is 438 g/mol. The van der Waals surface area contributed by atoms with Crippen molar-refractivity contribution in [2.45, 2.75) is 162 Å². The highest BCUT2D eigenvalue weighted by Gasteiger charge is 2.05. The highest BCUT2D eigenvalue weighted by Crippen LogP contribution is 2.13. The zero-order chi connectivity index (χ0) is 22.7. The van der Waals surface area contributed by atoms with Gasteiger partial charge in [-0.3, -0.25) is 0 Å². The van der Waals surface area contributed by atoms with E-state index in [1.807, 2.05) is 0 Å². The second kappa shape index (κ2) is 28.0. The zero-order valence-corrected chi connectivity index (χ0v) is 22.1. The molecule has 0 unspecified atom stereocenters. The van der Waals surface area contributed by atoms with Crippen molar-refractivity contribution in [3.8, 4) is 0 Å². The third-order valence-electron chi connectivity index (χ3n) is 6.83. The molecule has 2 nitrogen and oxygen atoms in total. The van der Waals surface area contributed by atoms with Gasteiger partial charge in [0.05, 0.1) is 0 Å². The fraction of sp³-hybridized carbons (Fsp3) is 1.00.